The van der Waals surface area contributed by atoms with Gasteiger partial charge in [0.1, 0.15) is 17.8 Å². The van der Waals surface area contributed by atoms with Crippen molar-refractivity contribution in [2.75, 3.05) is 33.9 Å². The minimum absolute atomic E-state index is 0.0197. The average molecular weight is 771 g/mol. The highest BCUT2D eigenvalue weighted by molar-refractivity contribution is 6.23. The number of hydrogen-bond acceptors (Lipinski definition) is 12. The van der Waals surface area contributed by atoms with Crippen LogP contribution in [0, 0.1) is 11.8 Å². The van der Waals surface area contributed by atoms with Crippen LogP contribution in [0.15, 0.2) is 58.5 Å². The maximum absolute atomic E-state index is 14.0. The van der Waals surface area contributed by atoms with E-state index in [1.54, 1.807) is 52.8 Å². The van der Waals surface area contributed by atoms with Crippen molar-refractivity contribution in [3.05, 3.63) is 58.5 Å². The van der Waals surface area contributed by atoms with Crippen LogP contribution in [0.3, 0.4) is 0 Å². The normalized spacial score (nSPS) is 28.3. The Kier molecular flexibility index (Phi) is 16.4. The number of rotatable bonds is 9. The van der Waals surface area contributed by atoms with Gasteiger partial charge in [-0.2, -0.15) is 0 Å². The van der Waals surface area contributed by atoms with Crippen molar-refractivity contribution in [2.24, 2.45) is 17.6 Å². The van der Waals surface area contributed by atoms with Gasteiger partial charge < -0.3 is 45.0 Å². The fraction of sp³-hybridized carbons (Fsp3) is 0.600. The van der Waals surface area contributed by atoms with Crippen LogP contribution in [0.1, 0.15) is 80.6 Å². The molecule has 3 amide bonds. The Morgan fingerprint density at radius 2 is 1.73 bits per heavy atom. The largest absolute Gasteiger partial charge is 0.459 e. The summed E-state index contributed by atoms with van der Waals surface area (Å²) in [5.41, 5.74) is 6.08. The number of fused-ring (bicyclic) bond motifs is 2. The van der Waals surface area contributed by atoms with Gasteiger partial charge in [-0.3, -0.25) is 19.2 Å². The highest BCUT2D eigenvalue weighted by atomic mass is 16.6. The fourth-order valence-electron chi connectivity index (χ4n) is 6.57. The number of carbonyl (C=O) groups is 6. The maximum Gasteiger partial charge on any atom is 0.407 e. The lowest BCUT2D eigenvalue weighted by Gasteiger charge is -2.37. The number of nitrogens with one attached hydrogen (secondary N) is 2. The van der Waals surface area contributed by atoms with Gasteiger partial charge in [0.25, 0.3) is 5.91 Å². The van der Waals surface area contributed by atoms with Crippen molar-refractivity contribution < 1.29 is 52.5 Å². The molecule has 0 spiro atoms. The molecule has 0 unspecified atom stereocenters. The average Bonchev–Trinajstić information content (AvgIpc) is 3.07. The van der Waals surface area contributed by atoms with E-state index in [-0.39, 0.29) is 48.8 Å². The number of likely N-dealkylation sites (tertiary alicyclic amines) is 1. The van der Waals surface area contributed by atoms with E-state index in [9.17, 15) is 28.8 Å². The molecule has 1 fully saturated rings. The molecule has 1 saturated heterocycles. The number of esters is 1. The Balaban J connectivity index is 2.03. The van der Waals surface area contributed by atoms with Gasteiger partial charge >= 0.3 is 18.2 Å². The summed E-state index contributed by atoms with van der Waals surface area (Å²) in [6, 6.07) is 0. The zero-order valence-electron chi connectivity index (χ0n) is 33.5. The number of ether oxygens (including phenoxy) is 5. The monoisotopic (exact) mass is 770 g/mol. The number of Topliss-reactive ketones (excluding diaryl/α,β-unsaturated/α-hetero) is 1. The highest BCUT2D eigenvalue weighted by Gasteiger charge is 2.37. The molecule has 15 nitrogen and oxygen atoms in total. The van der Waals surface area contributed by atoms with E-state index < -0.39 is 65.8 Å². The van der Waals surface area contributed by atoms with Crippen LogP contribution < -0.4 is 16.4 Å². The molecule has 0 saturated carbocycles. The molecule has 4 N–H and O–H groups in total. The van der Waals surface area contributed by atoms with Gasteiger partial charge in [-0.1, -0.05) is 38.2 Å². The Bertz CT molecular complexity index is 1620. The molecule has 15 heteroatoms. The lowest BCUT2D eigenvalue weighted by atomic mass is 9.84. The summed E-state index contributed by atoms with van der Waals surface area (Å²) in [6.45, 7) is 13.7. The number of hydrogen-bond donors (Lipinski definition) is 3. The SMILES string of the molecule is CO[C@H]1/C=C\C=C(/C)C(=O)NC2=CC(=O)C(N3CCC3)=C(C[C@@H](C)C[C@H](OC)[C@H](OC(=O)CCCNC(=O)OC(C)(C)C)[C@@H](C)/C=C(\C)[C@@H]1OC(N)=O)C2=O. The molecule has 2 heterocycles. The highest BCUT2D eigenvalue weighted by Crippen LogP contribution is 2.33. The molecule has 0 aromatic rings. The maximum atomic E-state index is 14.0. The number of allylic oxidation sites excluding steroid dienone is 4. The molecule has 0 aromatic heterocycles. The van der Waals surface area contributed by atoms with E-state index in [1.165, 1.54) is 26.4 Å². The van der Waals surface area contributed by atoms with Gasteiger partial charge in [0, 0.05) is 63.4 Å². The Labute approximate surface area is 323 Å². The van der Waals surface area contributed by atoms with Crippen molar-refractivity contribution in [2.45, 2.75) is 111 Å². The molecule has 2 bridgehead atoms. The minimum Gasteiger partial charge on any atom is -0.459 e. The first-order valence-corrected chi connectivity index (χ1v) is 18.7. The van der Waals surface area contributed by atoms with Crippen LogP contribution in [0.2, 0.25) is 0 Å². The second-order valence-electron chi connectivity index (χ2n) is 15.2. The predicted molar refractivity (Wildman–Crippen MR) is 203 cm³/mol. The molecule has 55 heavy (non-hydrogen) atoms. The predicted octanol–water partition coefficient (Wildman–Crippen LogP) is 4.32. The minimum atomic E-state index is -1.04. The zero-order chi connectivity index (χ0) is 41.0. The van der Waals surface area contributed by atoms with E-state index in [4.69, 9.17) is 29.4 Å². The molecule has 2 aliphatic heterocycles. The summed E-state index contributed by atoms with van der Waals surface area (Å²) in [5.74, 6) is -2.71. The number of methoxy groups -OCH3 is 2. The van der Waals surface area contributed by atoms with Gasteiger partial charge in [0.2, 0.25) is 11.6 Å². The Hall–Kier alpha value is -4.76. The number of amides is 3. The second-order valence-corrected chi connectivity index (χ2v) is 15.2. The number of alkyl carbamates (subject to hydrolysis) is 1. The summed E-state index contributed by atoms with van der Waals surface area (Å²) in [4.78, 5) is 80.1. The third-order valence-corrected chi connectivity index (χ3v) is 9.40. The quantitative estimate of drug-likeness (QED) is 0.0987. The number of primary amides is 1. The molecular formula is C40H58N4O11. The van der Waals surface area contributed by atoms with E-state index in [0.29, 0.717) is 36.4 Å². The first kappa shape index (κ1) is 44.6. The summed E-state index contributed by atoms with van der Waals surface area (Å²) < 4.78 is 28.5. The lowest BCUT2D eigenvalue weighted by Crippen LogP contribution is -2.43. The molecule has 3 aliphatic rings. The van der Waals surface area contributed by atoms with Crippen molar-refractivity contribution in [1.29, 1.82) is 0 Å². The van der Waals surface area contributed by atoms with Crippen molar-refractivity contribution in [3.8, 4) is 0 Å². The fourth-order valence-corrected chi connectivity index (χ4v) is 6.57. The molecule has 1 aliphatic carbocycles. The smallest absolute Gasteiger partial charge is 0.407 e. The number of carbonyl (C=O) groups excluding carboxylic acids is 6. The van der Waals surface area contributed by atoms with Crippen LogP contribution in [-0.4, -0.2) is 104 Å². The number of nitrogens with two attached hydrogens (primary N) is 1. The Morgan fingerprint density at radius 1 is 1.04 bits per heavy atom. The summed E-state index contributed by atoms with van der Waals surface area (Å²) in [5, 5.41) is 5.25. The summed E-state index contributed by atoms with van der Waals surface area (Å²) >= 11 is 0. The molecule has 0 radical (unpaired) electrons. The standard InChI is InChI=1S/C40H58N4O11/c1-23-19-27-33(44-17-12-18-44)29(45)22-28(34(27)47)43-37(48)24(2)13-10-14-30(51-8)35(54-38(41)49)25(3)21-26(4)36(31(20-23)52-9)53-32(46)15-11-16-42-39(50)55-40(5,6)7/h10,13-14,21-23,26,30-31,35-36H,11-12,15-20H2,1-9H3,(H2,41,49)(H,42,50)(H,43,48)/b14-10-,24-13+,25-21+/t23-,26+,30+,31+,35+,36-/m1/s1. The topological polar surface area (TPSA) is 202 Å². The number of nitrogens with zero attached hydrogens (tertiary/aromatic N) is 1. The summed E-state index contributed by atoms with van der Waals surface area (Å²) in [6.07, 6.45) is 4.18. The summed E-state index contributed by atoms with van der Waals surface area (Å²) in [7, 11) is 2.92. The van der Waals surface area contributed by atoms with Crippen LogP contribution in [0.4, 0.5) is 9.59 Å². The van der Waals surface area contributed by atoms with Gasteiger partial charge in [0.05, 0.1) is 17.5 Å². The van der Waals surface area contributed by atoms with Gasteiger partial charge in [-0.25, -0.2) is 9.59 Å². The lowest BCUT2D eigenvalue weighted by molar-refractivity contribution is -0.160. The first-order valence-electron chi connectivity index (χ1n) is 18.7. The van der Waals surface area contributed by atoms with Gasteiger partial charge in [-0.05, 0) is 71.8 Å². The second kappa shape index (κ2) is 20.2. The molecule has 304 valence electrons. The van der Waals surface area contributed by atoms with Crippen LogP contribution in [-0.2, 0) is 42.9 Å². The van der Waals surface area contributed by atoms with Crippen molar-refractivity contribution in [3.63, 3.8) is 0 Å². The van der Waals surface area contributed by atoms with E-state index in [2.05, 4.69) is 10.6 Å². The first-order chi connectivity index (χ1) is 25.8. The van der Waals surface area contributed by atoms with E-state index in [0.717, 1.165) is 6.42 Å². The Morgan fingerprint density at radius 3 is 2.31 bits per heavy atom. The number of ketones is 2. The molecular weight excluding hydrogens is 712 g/mol. The van der Waals surface area contributed by atoms with Crippen LogP contribution in [0.5, 0.6) is 0 Å². The van der Waals surface area contributed by atoms with Gasteiger partial charge in [0.15, 0.2) is 6.10 Å². The third kappa shape index (κ3) is 13.2. The zero-order valence-corrected chi connectivity index (χ0v) is 33.5. The van der Waals surface area contributed by atoms with Crippen LogP contribution >= 0.6 is 0 Å². The molecule has 0 aromatic carbocycles. The molecule has 6 atom stereocenters. The molecule has 3 rings (SSSR count). The third-order valence-electron chi connectivity index (χ3n) is 9.40. The van der Waals surface area contributed by atoms with E-state index >= 15 is 0 Å². The van der Waals surface area contributed by atoms with Crippen molar-refractivity contribution in [1.82, 2.24) is 15.5 Å². The van der Waals surface area contributed by atoms with Gasteiger partial charge in [-0.15, -0.1) is 0 Å². The van der Waals surface area contributed by atoms with Crippen molar-refractivity contribution >= 4 is 35.6 Å². The van der Waals surface area contributed by atoms with Crippen LogP contribution in [0.25, 0.3) is 0 Å². The van der Waals surface area contributed by atoms with E-state index in [1.807, 2.05) is 18.7 Å².